The van der Waals surface area contributed by atoms with Crippen LogP contribution in [0.3, 0.4) is 0 Å². The Morgan fingerprint density at radius 3 is 2.89 bits per heavy atom. The molecule has 0 aromatic carbocycles. The van der Waals surface area contributed by atoms with Crippen LogP contribution >= 0.6 is 15.9 Å². The van der Waals surface area contributed by atoms with Crippen LogP contribution in [0.2, 0.25) is 0 Å². The molecular formula is C7H10BrN. The first-order chi connectivity index (χ1) is 4.27. The van der Waals surface area contributed by atoms with E-state index >= 15 is 0 Å². The Labute approximate surface area is 64.7 Å². The lowest BCUT2D eigenvalue weighted by Crippen LogP contribution is -2.15. The molecule has 1 nitrogen and oxygen atoms in total. The minimum Gasteiger partial charge on any atom is -0.311 e. The molecule has 50 valence electrons. The van der Waals surface area contributed by atoms with Gasteiger partial charge in [0.25, 0.3) is 0 Å². The molecule has 0 unspecified atom stereocenters. The first kappa shape index (κ1) is 8.74. The summed E-state index contributed by atoms with van der Waals surface area (Å²) in [5.74, 6) is 2.53. The maximum atomic E-state index is 5.02. The molecule has 0 bridgehead atoms. The van der Waals surface area contributed by atoms with Gasteiger partial charge < -0.3 is 5.32 Å². The van der Waals surface area contributed by atoms with Gasteiger partial charge in [0.2, 0.25) is 0 Å². The molecule has 0 aliphatic rings. The summed E-state index contributed by atoms with van der Waals surface area (Å²) in [6.07, 6.45) is 5.80. The van der Waals surface area contributed by atoms with Gasteiger partial charge in [-0.2, -0.15) is 0 Å². The minimum atomic E-state index is 0.778. The van der Waals surface area contributed by atoms with Crippen LogP contribution in [-0.2, 0) is 0 Å². The van der Waals surface area contributed by atoms with Crippen LogP contribution in [0.1, 0.15) is 6.42 Å². The Hall–Kier alpha value is -0.260. The molecule has 0 aromatic rings. The number of terminal acetylenes is 1. The van der Waals surface area contributed by atoms with Gasteiger partial charge in [-0.25, -0.2) is 0 Å². The van der Waals surface area contributed by atoms with Crippen LogP contribution in [0.15, 0.2) is 11.1 Å². The normalized spacial score (nSPS) is 8.44. The number of hydrogen-bond acceptors (Lipinski definition) is 1. The van der Waals surface area contributed by atoms with E-state index in [9.17, 15) is 0 Å². The van der Waals surface area contributed by atoms with E-state index in [0.29, 0.717) is 0 Å². The van der Waals surface area contributed by atoms with Crippen molar-refractivity contribution in [3.8, 4) is 12.3 Å². The van der Waals surface area contributed by atoms with Gasteiger partial charge in [-0.15, -0.1) is 12.3 Å². The van der Waals surface area contributed by atoms with Crippen LogP contribution < -0.4 is 5.32 Å². The van der Waals surface area contributed by atoms with Crippen LogP contribution in [0, 0.1) is 12.3 Å². The lowest BCUT2D eigenvalue weighted by molar-refractivity contribution is 0.762. The van der Waals surface area contributed by atoms with E-state index in [1.165, 1.54) is 0 Å². The van der Waals surface area contributed by atoms with Crippen molar-refractivity contribution in [1.29, 1.82) is 0 Å². The summed E-state index contributed by atoms with van der Waals surface area (Å²) in [5, 5.41) is 3.10. The van der Waals surface area contributed by atoms with Gasteiger partial charge in [-0.3, -0.25) is 0 Å². The second-order valence-electron chi connectivity index (χ2n) is 1.65. The highest BCUT2D eigenvalue weighted by molar-refractivity contribution is 9.11. The van der Waals surface area contributed by atoms with E-state index < -0.39 is 0 Å². The monoisotopic (exact) mass is 187 g/mol. The first-order valence-corrected chi connectivity index (χ1v) is 3.54. The number of nitrogens with one attached hydrogen (secondary N) is 1. The molecule has 0 radical (unpaired) electrons. The van der Waals surface area contributed by atoms with Crippen molar-refractivity contribution >= 4 is 15.9 Å². The summed E-state index contributed by atoms with van der Waals surface area (Å²) in [5.41, 5.74) is 0. The highest BCUT2D eigenvalue weighted by atomic mass is 79.9. The van der Waals surface area contributed by atoms with Crippen LogP contribution in [-0.4, -0.2) is 13.1 Å². The smallest absolute Gasteiger partial charge is 0.0266 e. The Bertz CT molecular complexity index is 123. The maximum absolute atomic E-state index is 5.02. The largest absolute Gasteiger partial charge is 0.311 e. The zero-order chi connectivity index (χ0) is 7.11. The number of rotatable bonds is 4. The molecule has 0 aromatic heterocycles. The molecule has 0 atom stereocenters. The van der Waals surface area contributed by atoms with Gasteiger partial charge in [0, 0.05) is 24.0 Å². The van der Waals surface area contributed by atoms with E-state index in [1.807, 2.05) is 0 Å². The molecule has 0 fully saturated rings. The van der Waals surface area contributed by atoms with Crippen molar-refractivity contribution in [1.82, 2.24) is 5.32 Å². The quantitative estimate of drug-likeness (QED) is 0.520. The molecular weight excluding hydrogens is 178 g/mol. The summed E-state index contributed by atoms with van der Waals surface area (Å²) in [4.78, 5) is 0. The molecule has 0 spiro atoms. The predicted octanol–water partition coefficient (Wildman–Crippen LogP) is 1.51. The molecule has 2 heteroatoms. The molecule has 0 aliphatic heterocycles. The summed E-state index contributed by atoms with van der Waals surface area (Å²) in [6.45, 7) is 5.31. The fourth-order valence-corrected chi connectivity index (χ4v) is 0.583. The van der Waals surface area contributed by atoms with Gasteiger partial charge in [-0.05, 0) is 0 Å². The van der Waals surface area contributed by atoms with Crippen LogP contribution in [0.5, 0.6) is 0 Å². The lowest BCUT2D eigenvalue weighted by Gasteiger charge is -1.97. The fourth-order valence-electron chi connectivity index (χ4n) is 0.385. The topological polar surface area (TPSA) is 12.0 Å². The molecule has 9 heavy (non-hydrogen) atoms. The van der Waals surface area contributed by atoms with E-state index in [4.69, 9.17) is 6.42 Å². The third kappa shape index (κ3) is 7.74. The van der Waals surface area contributed by atoms with E-state index in [0.717, 1.165) is 24.0 Å². The first-order valence-electron chi connectivity index (χ1n) is 2.75. The Morgan fingerprint density at radius 1 is 1.78 bits per heavy atom. The van der Waals surface area contributed by atoms with Crippen LogP contribution in [0.4, 0.5) is 0 Å². The zero-order valence-electron chi connectivity index (χ0n) is 5.28. The van der Waals surface area contributed by atoms with Gasteiger partial charge in [-0.1, -0.05) is 22.5 Å². The van der Waals surface area contributed by atoms with Gasteiger partial charge in [0.1, 0.15) is 0 Å². The van der Waals surface area contributed by atoms with Crippen LogP contribution in [0.25, 0.3) is 0 Å². The zero-order valence-corrected chi connectivity index (χ0v) is 6.87. The lowest BCUT2D eigenvalue weighted by atomic mass is 10.4. The van der Waals surface area contributed by atoms with E-state index in [2.05, 4.69) is 33.7 Å². The second-order valence-corrected chi connectivity index (χ2v) is 2.77. The SMILES string of the molecule is C#CCCNCC(=C)Br. The van der Waals surface area contributed by atoms with E-state index in [-0.39, 0.29) is 0 Å². The van der Waals surface area contributed by atoms with Crippen molar-refractivity contribution in [2.45, 2.75) is 6.42 Å². The second kappa shape index (κ2) is 5.87. The van der Waals surface area contributed by atoms with Gasteiger partial charge in [0.05, 0.1) is 0 Å². The third-order valence-corrected chi connectivity index (χ3v) is 1.04. The highest BCUT2D eigenvalue weighted by Gasteiger charge is 1.84. The highest BCUT2D eigenvalue weighted by Crippen LogP contribution is 1.95. The summed E-state index contributed by atoms with van der Waals surface area (Å²) in [7, 11) is 0. The number of halogens is 1. The third-order valence-electron chi connectivity index (χ3n) is 0.763. The summed E-state index contributed by atoms with van der Waals surface area (Å²) < 4.78 is 0.958. The average Bonchev–Trinajstić information content (AvgIpc) is 1.80. The van der Waals surface area contributed by atoms with Gasteiger partial charge >= 0.3 is 0 Å². The Kier molecular flexibility index (Phi) is 5.70. The molecule has 0 heterocycles. The van der Waals surface area contributed by atoms with E-state index in [1.54, 1.807) is 0 Å². The maximum Gasteiger partial charge on any atom is 0.0266 e. The minimum absolute atomic E-state index is 0.778. The Morgan fingerprint density at radius 2 is 2.44 bits per heavy atom. The summed E-state index contributed by atoms with van der Waals surface area (Å²) in [6, 6.07) is 0. The van der Waals surface area contributed by atoms with Crippen molar-refractivity contribution in [2.24, 2.45) is 0 Å². The molecule has 0 aliphatic carbocycles. The molecule has 1 N–H and O–H groups in total. The Balaban J connectivity index is 2.94. The van der Waals surface area contributed by atoms with Gasteiger partial charge in [0.15, 0.2) is 0 Å². The molecule has 0 saturated heterocycles. The summed E-state index contributed by atoms with van der Waals surface area (Å²) >= 11 is 3.22. The average molecular weight is 188 g/mol. The van der Waals surface area contributed by atoms with Crippen molar-refractivity contribution in [3.05, 3.63) is 11.1 Å². The van der Waals surface area contributed by atoms with Crippen molar-refractivity contribution in [3.63, 3.8) is 0 Å². The standard InChI is InChI=1S/C7H10BrN/c1-3-4-5-9-6-7(2)8/h1,9H,2,4-6H2. The van der Waals surface area contributed by atoms with Crippen molar-refractivity contribution < 1.29 is 0 Å². The fraction of sp³-hybridized carbons (Fsp3) is 0.429. The molecule has 0 rings (SSSR count). The molecule has 0 amide bonds. The molecule has 0 saturated carbocycles. The predicted molar refractivity (Wildman–Crippen MR) is 44.4 cm³/mol. The van der Waals surface area contributed by atoms with Crippen molar-refractivity contribution in [2.75, 3.05) is 13.1 Å². The number of hydrogen-bond donors (Lipinski definition) is 1.